The smallest absolute Gasteiger partial charge is 0.251 e. The normalized spacial score (nSPS) is 21.6. The molecule has 2 aliphatic rings. The first-order chi connectivity index (χ1) is 12.3. The van der Waals surface area contributed by atoms with Crippen LogP contribution in [0.3, 0.4) is 0 Å². The third-order valence-electron chi connectivity index (χ3n) is 4.99. The topological polar surface area (TPSA) is 32.8 Å². The molecule has 0 radical (unpaired) electrons. The molecule has 25 heavy (non-hydrogen) atoms. The highest BCUT2D eigenvalue weighted by Crippen LogP contribution is 2.28. The van der Waals surface area contributed by atoms with Gasteiger partial charge in [-0.15, -0.1) is 11.3 Å². The van der Waals surface area contributed by atoms with E-state index in [0.717, 1.165) is 52.2 Å². The van der Waals surface area contributed by atoms with E-state index in [4.69, 9.17) is 4.74 Å². The maximum Gasteiger partial charge on any atom is 0.251 e. The lowest BCUT2D eigenvalue weighted by Crippen LogP contribution is -2.50. The minimum Gasteiger partial charge on any atom is -0.368 e. The second-order valence-corrected chi connectivity index (χ2v) is 7.90. The summed E-state index contributed by atoms with van der Waals surface area (Å²) in [5.41, 5.74) is 1.28. The zero-order valence-corrected chi connectivity index (χ0v) is 15.2. The Kier molecular flexibility index (Phi) is 5.15. The molecule has 1 atom stereocenters. The van der Waals surface area contributed by atoms with Crippen LogP contribution in [-0.4, -0.2) is 54.6 Å². The van der Waals surface area contributed by atoms with Crippen LogP contribution < -0.4 is 0 Å². The van der Waals surface area contributed by atoms with Crippen molar-refractivity contribution in [1.82, 2.24) is 9.80 Å². The minimum atomic E-state index is -0.183. The highest BCUT2D eigenvalue weighted by molar-refractivity contribution is 7.15. The van der Waals surface area contributed by atoms with Gasteiger partial charge in [0.2, 0.25) is 0 Å². The average molecular weight is 356 g/mol. The summed E-state index contributed by atoms with van der Waals surface area (Å²) in [5.74, 6) is 0.194. The second-order valence-electron chi connectivity index (χ2n) is 6.74. The molecule has 1 aromatic carbocycles. The molecule has 0 aliphatic carbocycles. The fourth-order valence-electron chi connectivity index (χ4n) is 3.54. The maximum atomic E-state index is 12.4. The van der Waals surface area contributed by atoms with E-state index in [1.165, 1.54) is 15.3 Å². The van der Waals surface area contributed by atoms with Gasteiger partial charge in [0.15, 0.2) is 0 Å². The van der Waals surface area contributed by atoms with Crippen molar-refractivity contribution in [3.63, 3.8) is 0 Å². The largest absolute Gasteiger partial charge is 0.368 e. The Morgan fingerprint density at radius 2 is 1.88 bits per heavy atom. The van der Waals surface area contributed by atoms with Gasteiger partial charge in [-0.1, -0.05) is 30.3 Å². The summed E-state index contributed by atoms with van der Waals surface area (Å²) in [7, 11) is 0. The number of carbonyl (C=O) groups is 1. The van der Waals surface area contributed by atoms with Crippen LogP contribution in [0, 0.1) is 0 Å². The van der Waals surface area contributed by atoms with Gasteiger partial charge in [-0.2, -0.15) is 0 Å². The molecule has 1 amide bonds. The first-order valence-corrected chi connectivity index (χ1v) is 9.88. The summed E-state index contributed by atoms with van der Waals surface area (Å²) < 4.78 is 5.53. The fraction of sp³-hybridized carbons (Fsp3) is 0.450. The Morgan fingerprint density at radius 3 is 2.60 bits per heavy atom. The zero-order valence-electron chi connectivity index (χ0n) is 14.4. The number of piperazine rings is 1. The van der Waals surface area contributed by atoms with Gasteiger partial charge >= 0.3 is 0 Å². The van der Waals surface area contributed by atoms with Crippen molar-refractivity contribution < 1.29 is 9.53 Å². The van der Waals surface area contributed by atoms with Crippen molar-refractivity contribution in [3.8, 4) is 10.4 Å². The van der Waals surface area contributed by atoms with Gasteiger partial charge in [-0.05, 0) is 30.5 Å². The third kappa shape index (κ3) is 3.94. The first kappa shape index (κ1) is 16.8. The molecule has 0 unspecified atom stereocenters. The summed E-state index contributed by atoms with van der Waals surface area (Å²) in [6.45, 7) is 5.22. The lowest BCUT2D eigenvalue weighted by atomic mass is 10.2. The predicted molar refractivity (Wildman–Crippen MR) is 101 cm³/mol. The molecule has 4 nitrogen and oxygen atoms in total. The maximum absolute atomic E-state index is 12.4. The van der Waals surface area contributed by atoms with Gasteiger partial charge < -0.3 is 9.64 Å². The van der Waals surface area contributed by atoms with Crippen molar-refractivity contribution in [2.75, 3.05) is 32.8 Å². The molecule has 0 spiro atoms. The number of benzene rings is 1. The molecule has 1 aromatic heterocycles. The van der Waals surface area contributed by atoms with Gasteiger partial charge in [0.1, 0.15) is 6.10 Å². The Morgan fingerprint density at radius 1 is 1.08 bits per heavy atom. The molecule has 2 aromatic rings. The lowest BCUT2D eigenvalue weighted by molar-refractivity contribution is -0.142. The van der Waals surface area contributed by atoms with E-state index in [1.54, 1.807) is 0 Å². The van der Waals surface area contributed by atoms with Crippen molar-refractivity contribution in [1.29, 1.82) is 0 Å². The quantitative estimate of drug-likeness (QED) is 0.843. The van der Waals surface area contributed by atoms with Gasteiger partial charge in [0.25, 0.3) is 5.91 Å². The van der Waals surface area contributed by atoms with Crippen LogP contribution >= 0.6 is 11.3 Å². The molecule has 3 heterocycles. The number of carbonyl (C=O) groups excluding carboxylic acids is 1. The predicted octanol–water partition coefficient (Wildman–Crippen LogP) is 3.24. The number of ether oxygens (including phenoxy) is 1. The van der Waals surface area contributed by atoms with Crippen LogP contribution in [0.5, 0.6) is 0 Å². The summed E-state index contributed by atoms with van der Waals surface area (Å²) >= 11 is 1.86. The molecule has 132 valence electrons. The van der Waals surface area contributed by atoms with Gasteiger partial charge in [-0.25, -0.2) is 0 Å². The summed E-state index contributed by atoms with van der Waals surface area (Å²) in [5, 5.41) is 0. The third-order valence-corrected chi connectivity index (χ3v) is 6.11. The second kappa shape index (κ2) is 7.68. The molecular formula is C20H24N2O2S. The summed E-state index contributed by atoms with van der Waals surface area (Å²) in [6, 6.07) is 15.0. The highest BCUT2D eigenvalue weighted by Gasteiger charge is 2.30. The first-order valence-electron chi connectivity index (χ1n) is 9.06. The van der Waals surface area contributed by atoms with Crippen LogP contribution in [0.25, 0.3) is 10.4 Å². The summed E-state index contributed by atoms with van der Waals surface area (Å²) in [4.78, 5) is 19.5. The van der Waals surface area contributed by atoms with Crippen molar-refractivity contribution >= 4 is 17.2 Å². The molecule has 4 rings (SSSR count). The summed E-state index contributed by atoms with van der Waals surface area (Å²) in [6.07, 6.45) is 1.71. The van der Waals surface area contributed by atoms with E-state index in [9.17, 15) is 4.79 Å². The number of hydrogen-bond acceptors (Lipinski definition) is 4. The highest BCUT2D eigenvalue weighted by atomic mass is 32.1. The van der Waals surface area contributed by atoms with Crippen LogP contribution in [0.1, 0.15) is 17.7 Å². The molecule has 0 bridgehead atoms. The van der Waals surface area contributed by atoms with Crippen molar-refractivity contribution in [2.24, 2.45) is 0 Å². The van der Waals surface area contributed by atoms with Gasteiger partial charge in [-0.3, -0.25) is 9.69 Å². The Labute approximate surface area is 153 Å². The minimum absolute atomic E-state index is 0.183. The fourth-order valence-corrected chi connectivity index (χ4v) is 4.60. The number of nitrogens with zero attached hydrogens (tertiary/aromatic N) is 2. The number of hydrogen-bond donors (Lipinski definition) is 0. The molecule has 2 saturated heterocycles. The average Bonchev–Trinajstić information content (AvgIpc) is 3.35. The number of thiophene rings is 1. The monoisotopic (exact) mass is 356 g/mol. The number of amides is 1. The van der Waals surface area contributed by atoms with E-state index >= 15 is 0 Å². The lowest BCUT2D eigenvalue weighted by Gasteiger charge is -2.35. The Balaban J connectivity index is 1.30. The van der Waals surface area contributed by atoms with Crippen LogP contribution in [0.2, 0.25) is 0 Å². The van der Waals surface area contributed by atoms with Crippen LogP contribution in [-0.2, 0) is 16.1 Å². The number of rotatable bonds is 4. The molecule has 2 fully saturated rings. The molecule has 5 heteroatoms. The molecule has 0 N–H and O–H groups in total. The van der Waals surface area contributed by atoms with E-state index in [-0.39, 0.29) is 12.0 Å². The molecular weight excluding hydrogens is 332 g/mol. The standard InChI is InChI=1S/C20H24N2O2S/c23-20(18-7-4-14-24-18)22-12-10-21(11-13-22)15-17-8-9-19(25-17)16-5-2-1-3-6-16/h1-3,5-6,8-9,18H,4,7,10-15H2/t18-/m1/s1. The van der Waals surface area contributed by atoms with Crippen molar-refractivity contribution in [2.45, 2.75) is 25.5 Å². The van der Waals surface area contributed by atoms with Crippen LogP contribution in [0.15, 0.2) is 42.5 Å². The molecule has 0 saturated carbocycles. The molecule has 2 aliphatic heterocycles. The van der Waals surface area contributed by atoms with Gasteiger partial charge in [0.05, 0.1) is 0 Å². The van der Waals surface area contributed by atoms with Gasteiger partial charge in [0, 0.05) is 49.1 Å². The van der Waals surface area contributed by atoms with E-state index < -0.39 is 0 Å². The Bertz CT molecular complexity index is 701. The van der Waals surface area contributed by atoms with E-state index in [2.05, 4.69) is 47.4 Å². The van der Waals surface area contributed by atoms with Crippen LogP contribution in [0.4, 0.5) is 0 Å². The Hall–Kier alpha value is -1.69. The SMILES string of the molecule is O=C([C@H]1CCCO1)N1CCN(Cc2ccc(-c3ccccc3)s2)CC1. The van der Waals surface area contributed by atoms with E-state index in [1.807, 2.05) is 16.2 Å². The van der Waals surface area contributed by atoms with Crippen molar-refractivity contribution in [3.05, 3.63) is 47.3 Å². The zero-order chi connectivity index (χ0) is 17.1. The van der Waals surface area contributed by atoms with E-state index in [0.29, 0.717) is 0 Å².